The van der Waals surface area contributed by atoms with Crippen LogP contribution in [0.3, 0.4) is 0 Å². The van der Waals surface area contributed by atoms with Crippen LogP contribution in [-0.4, -0.2) is 24.9 Å². The quantitative estimate of drug-likeness (QED) is 0.872. The molecule has 1 aliphatic carbocycles. The minimum absolute atomic E-state index is 0.0843. The van der Waals surface area contributed by atoms with E-state index in [9.17, 15) is 9.50 Å². The second kappa shape index (κ2) is 3.79. The van der Waals surface area contributed by atoms with Crippen molar-refractivity contribution in [3.05, 3.63) is 35.6 Å². The van der Waals surface area contributed by atoms with Crippen LogP contribution in [0, 0.1) is 11.2 Å². The normalized spacial score (nSPS) is 24.8. The summed E-state index contributed by atoms with van der Waals surface area (Å²) in [4.78, 5) is 0. The van der Waals surface area contributed by atoms with Gasteiger partial charge in [0.2, 0.25) is 0 Å². The van der Waals surface area contributed by atoms with Crippen molar-refractivity contribution in [2.24, 2.45) is 5.41 Å². The first-order chi connectivity index (χ1) is 8.22. The lowest BCUT2D eigenvalue weighted by Crippen LogP contribution is -2.63. The molecule has 2 fully saturated rings. The third-order valence-corrected chi connectivity index (χ3v) is 4.70. The van der Waals surface area contributed by atoms with Crippen LogP contribution in [0.25, 0.3) is 0 Å². The molecule has 3 heteroatoms. The summed E-state index contributed by atoms with van der Waals surface area (Å²) in [7, 11) is 0. The van der Waals surface area contributed by atoms with Gasteiger partial charge in [-0.3, -0.25) is 0 Å². The summed E-state index contributed by atoms with van der Waals surface area (Å²) < 4.78 is 18.8. The van der Waals surface area contributed by atoms with Crippen molar-refractivity contribution in [1.29, 1.82) is 0 Å². The minimum Gasteiger partial charge on any atom is -0.396 e. The molecule has 0 bridgehead atoms. The maximum Gasteiger partial charge on any atom is 0.123 e. The molecule has 1 N–H and O–H groups in total. The van der Waals surface area contributed by atoms with Gasteiger partial charge in [0.1, 0.15) is 5.82 Å². The lowest BCUT2D eigenvalue weighted by molar-refractivity contribution is -0.173. The Bertz CT molecular complexity index is 416. The number of aliphatic hydroxyl groups excluding tert-OH is 1. The fraction of sp³-hybridized carbons (Fsp3) is 0.571. The highest BCUT2D eigenvalue weighted by molar-refractivity contribution is 5.33. The Balaban J connectivity index is 2.02. The monoisotopic (exact) mass is 236 g/mol. The lowest BCUT2D eigenvalue weighted by Gasteiger charge is -2.59. The topological polar surface area (TPSA) is 29.5 Å². The van der Waals surface area contributed by atoms with E-state index in [1.807, 2.05) is 6.07 Å². The molecule has 0 radical (unpaired) electrons. The van der Waals surface area contributed by atoms with E-state index in [1.54, 1.807) is 12.1 Å². The zero-order chi connectivity index (χ0) is 11.9. The van der Waals surface area contributed by atoms with Crippen LogP contribution in [0.4, 0.5) is 4.39 Å². The smallest absolute Gasteiger partial charge is 0.123 e. The summed E-state index contributed by atoms with van der Waals surface area (Å²) in [5, 5.41) is 9.72. The van der Waals surface area contributed by atoms with Gasteiger partial charge in [-0.1, -0.05) is 18.6 Å². The molecule has 3 rings (SSSR count). The van der Waals surface area contributed by atoms with Gasteiger partial charge in [-0.05, 0) is 30.5 Å². The molecule has 1 heterocycles. The maximum absolute atomic E-state index is 13.4. The average molecular weight is 236 g/mol. The van der Waals surface area contributed by atoms with E-state index >= 15 is 0 Å². The number of aliphatic hydroxyl groups is 1. The molecule has 0 unspecified atom stereocenters. The zero-order valence-corrected chi connectivity index (χ0v) is 9.79. The highest BCUT2D eigenvalue weighted by Crippen LogP contribution is 2.58. The molecule has 17 heavy (non-hydrogen) atoms. The first-order valence-corrected chi connectivity index (χ1v) is 6.17. The summed E-state index contributed by atoms with van der Waals surface area (Å²) in [5.74, 6) is -0.207. The third kappa shape index (κ3) is 1.39. The molecule has 2 nitrogen and oxygen atoms in total. The predicted molar refractivity (Wildman–Crippen MR) is 62.3 cm³/mol. The summed E-state index contributed by atoms with van der Waals surface area (Å²) in [6.45, 7) is 1.39. The van der Waals surface area contributed by atoms with Crippen LogP contribution in [0.2, 0.25) is 0 Å². The first kappa shape index (κ1) is 11.2. The first-order valence-electron chi connectivity index (χ1n) is 6.17. The Labute approximate surface area is 100 Å². The molecule has 0 atom stereocenters. The standard InChI is InChI=1S/C14H17FO2/c15-12-4-1-3-11(7-12)14(9-17-10-14)13(8-16)5-2-6-13/h1,3-4,7,16H,2,5-6,8-10H2. The van der Waals surface area contributed by atoms with Crippen LogP contribution in [0.15, 0.2) is 24.3 Å². The predicted octanol–water partition coefficient (Wildman–Crippen LogP) is 2.26. The van der Waals surface area contributed by atoms with Crippen LogP contribution in [0.1, 0.15) is 24.8 Å². The van der Waals surface area contributed by atoms with E-state index in [0.29, 0.717) is 13.2 Å². The average Bonchev–Trinajstić information content (AvgIpc) is 2.20. The van der Waals surface area contributed by atoms with E-state index in [1.165, 1.54) is 6.07 Å². The Morgan fingerprint density at radius 3 is 2.47 bits per heavy atom. The minimum atomic E-state index is -0.207. The number of halogens is 1. The highest BCUT2D eigenvalue weighted by atomic mass is 19.1. The zero-order valence-electron chi connectivity index (χ0n) is 9.79. The van der Waals surface area contributed by atoms with E-state index in [2.05, 4.69) is 0 Å². The van der Waals surface area contributed by atoms with Crippen LogP contribution < -0.4 is 0 Å². The van der Waals surface area contributed by atoms with Crippen LogP contribution in [-0.2, 0) is 10.2 Å². The van der Waals surface area contributed by atoms with Crippen molar-refractivity contribution in [1.82, 2.24) is 0 Å². The summed E-state index contributed by atoms with van der Waals surface area (Å²) in [6.07, 6.45) is 3.18. The van der Waals surface area contributed by atoms with Crippen LogP contribution in [0.5, 0.6) is 0 Å². The van der Waals surface area contributed by atoms with Gasteiger partial charge in [-0.25, -0.2) is 4.39 Å². The molecule has 0 aromatic heterocycles. The summed E-state index contributed by atoms with van der Waals surface area (Å²) in [5.41, 5.74) is 0.735. The van der Waals surface area contributed by atoms with Crippen molar-refractivity contribution in [3.8, 4) is 0 Å². The van der Waals surface area contributed by atoms with Crippen molar-refractivity contribution in [2.45, 2.75) is 24.7 Å². The highest BCUT2D eigenvalue weighted by Gasteiger charge is 2.59. The number of hydrogen-bond donors (Lipinski definition) is 1. The number of rotatable bonds is 3. The van der Waals surface area contributed by atoms with Gasteiger partial charge in [-0.2, -0.15) is 0 Å². The molecule has 0 spiro atoms. The van der Waals surface area contributed by atoms with Gasteiger partial charge in [0.15, 0.2) is 0 Å². The summed E-state index contributed by atoms with van der Waals surface area (Å²) >= 11 is 0. The van der Waals surface area contributed by atoms with Crippen LogP contribution >= 0.6 is 0 Å². The Kier molecular flexibility index (Phi) is 2.49. The fourth-order valence-electron chi connectivity index (χ4n) is 3.26. The molecule has 92 valence electrons. The number of hydrogen-bond acceptors (Lipinski definition) is 2. The van der Waals surface area contributed by atoms with Crippen molar-refractivity contribution >= 4 is 0 Å². The fourth-order valence-corrected chi connectivity index (χ4v) is 3.26. The molecule has 0 amide bonds. The van der Waals surface area contributed by atoms with E-state index in [0.717, 1.165) is 24.8 Å². The lowest BCUT2D eigenvalue weighted by atomic mass is 9.50. The summed E-state index contributed by atoms with van der Waals surface area (Å²) in [6, 6.07) is 6.76. The number of ether oxygens (including phenoxy) is 1. The van der Waals surface area contributed by atoms with Gasteiger partial charge < -0.3 is 9.84 Å². The Morgan fingerprint density at radius 1 is 1.29 bits per heavy atom. The van der Waals surface area contributed by atoms with Crippen molar-refractivity contribution in [3.63, 3.8) is 0 Å². The van der Waals surface area contributed by atoms with Gasteiger partial charge >= 0.3 is 0 Å². The largest absolute Gasteiger partial charge is 0.396 e. The van der Waals surface area contributed by atoms with Gasteiger partial charge in [0, 0.05) is 17.4 Å². The second-order valence-corrected chi connectivity index (χ2v) is 5.38. The third-order valence-electron chi connectivity index (χ3n) is 4.70. The molecule has 1 saturated heterocycles. The van der Waals surface area contributed by atoms with Crippen molar-refractivity contribution in [2.75, 3.05) is 19.8 Å². The Morgan fingerprint density at radius 2 is 2.06 bits per heavy atom. The second-order valence-electron chi connectivity index (χ2n) is 5.38. The van der Waals surface area contributed by atoms with E-state index in [4.69, 9.17) is 4.74 Å². The van der Waals surface area contributed by atoms with E-state index < -0.39 is 0 Å². The molecular formula is C14H17FO2. The maximum atomic E-state index is 13.4. The molecule has 2 aliphatic rings. The Hall–Kier alpha value is -0.930. The molecular weight excluding hydrogens is 219 g/mol. The molecule has 1 saturated carbocycles. The molecule has 1 aromatic rings. The molecule has 1 aliphatic heterocycles. The number of benzene rings is 1. The van der Waals surface area contributed by atoms with E-state index in [-0.39, 0.29) is 23.3 Å². The molecule has 1 aromatic carbocycles. The van der Waals surface area contributed by atoms with Gasteiger partial charge in [0.25, 0.3) is 0 Å². The van der Waals surface area contributed by atoms with Gasteiger partial charge in [0.05, 0.1) is 13.2 Å². The van der Waals surface area contributed by atoms with Gasteiger partial charge in [-0.15, -0.1) is 0 Å². The van der Waals surface area contributed by atoms with Crippen molar-refractivity contribution < 1.29 is 14.2 Å². The SMILES string of the molecule is OCC1(C2(c3cccc(F)c3)COC2)CCC1.